The molecule has 0 aromatic carbocycles. The Morgan fingerprint density at radius 3 is 1.71 bits per heavy atom. The molecule has 1 saturated heterocycles. The maximum Gasteiger partial charge on any atom is 0.187 e. The van der Waals surface area contributed by atoms with E-state index in [1.54, 1.807) is 19.9 Å². The van der Waals surface area contributed by atoms with Gasteiger partial charge in [-0.1, -0.05) is 151 Å². The van der Waals surface area contributed by atoms with Gasteiger partial charge in [0.25, 0.3) is 0 Å². The third-order valence-electron chi connectivity index (χ3n) is 9.58. The maximum atomic E-state index is 10.8. The highest BCUT2D eigenvalue weighted by Crippen LogP contribution is 2.41. The van der Waals surface area contributed by atoms with Crippen molar-refractivity contribution in [3.8, 4) is 0 Å². The van der Waals surface area contributed by atoms with E-state index in [1.165, 1.54) is 23.8 Å². The quantitative estimate of drug-likeness (QED) is 0.0941. The van der Waals surface area contributed by atoms with Crippen LogP contribution in [0.3, 0.4) is 0 Å². The van der Waals surface area contributed by atoms with Crippen LogP contribution in [0.25, 0.3) is 0 Å². The summed E-state index contributed by atoms with van der Waals surface area (Å²) in [6.45, 7) is 19.4. The molecule has 0 saturated carbocycles. The Morgan fingerprint density at radius 2 is 1.25 bits per heavy atom. The van der Waals surface area contributed by atoms with Crippen molar-refractivity contribution < 1.29 is 39.7 Å². The molecule has 7 atom stereocenters. The number of hydrogen-bond acceptors (Lipinski definition) is 8. The average molecular weight is 761 g/mol. The topological polar surface area (TPSA) is 129 Å². The van der Waals surface area contributed by atoms with E-state index in [1.807, 2.05) is 62.5 Å². The van der Waals surface area contributed by atoms with Crippen LogP contribution in [-0.4, -0.2) is 87.8 Å². The average Bonchev–Trinajstić information content (AvgIpc) is 3.08. The second kappa shape index (κ2) is 23.0. The van der Waals surface area contributed by atoms with Crippen LogP contribution in [-0.2, 0) is 14.2 Å². The first-order valence-corrected chi connectivity index (χ1v) is 19.1. The summed E-state index contributed by atoms with van der Waals surface area (Å²) in [6.07, 6.45) is 29.0. The summed E-state index contributed by atoms with van der Waals surface area (Å²) in [5.41, 5.74) is 6.69. The van der Waals surface area contributed by atoms with Crippen LogP contribution in [0.5, 0.6) is 0 Å². The highest BCUT2D eigenvalue weighted by atomic mass is 16.7. The van der Waals surface area contributed by atoms with Crippen LogP contribution < -0.4 is 0 Å². The Morgan fingerprint density at radius 1 is 0.782 bits per heavy atom. The summed E-state index contributed by atoms with van der Waals surface area (Å²) < 4.78 is 17.0. The minimum Gasteiger partial charge on any atom is -0.394 e. The molecule has 1 aliphatic carbocycles. The molecule has 7 unspecified atom stereocenters. The van der Waals surface area contributed by atoms with Crippen molar-refractivity contribution >= 4 is 0 Å². The summed E-state index contributed by atoms with van der Waals surface area (Å²) in [4.78, 5) is 0. The van der Waals surface area contributed by atoms with E-state index in [2.05, 4.69) is 90.2 Å². The van der Waals surface area contributed by atoms with E-state index in [9.17, 15) is 25.5 Å². The first-order valence-electron chi connectivity index (χ1n) is 19.1. The van der Waals surface area contributed by atoms with Crippen LogP contribution in [0, 0.1) is 5.41 Å². The molecule has 2 rings (SSSR count). The number of rotatable bonds is 17. The van der Waals surface area contributed by atoms with Crippen molar-refractivity contribution in [2.24, 2.45) is 5.41 Å². The Bertz CT molecular complexity index is 1620. The zero-order chi connectivity index (χ0) is 41.3. The van der Waals surface area contributed by atoms with Gasteiger partial charge in [0, 0.05) is 7.11 Å². The smallest absolute Gasteiger partial charge is 0.187 e. The van der Waals surface area contributed by atoms with Crippen molar-refractivity contribution in [3.05, 3.63) is 142 Å². The molecule has 0 radical (unpaired) electrons. The zero-order valence-electron chi connectivity index (χ0n) is 34.9. The minimum atomic E-state index is -1.34. The fraction of sp³-hybridized carbons (Fsp3) is 0.489. The molecule has 55 heavy (non-hydrogen) atoms. The van der Waals surface area contributed by atoms with E-state index in [0.29, 0.717) is 0 Å². The molecule has 304 valence electrons. The third-order valence-corrected chi connectivity index (χ3v) is 9.58. The number of methoxy groups -OCH3 is 1. The lowest BCUT2D eigenvalue weighted by molar-refractivity contribution is -0.320. The van der Waals surface area contributed by atoms with Gasteiger partial charge in [0.2, 0.25) is 0 Å². The van der Waals surface area contributed by atoms with Crippen LogP contribution in [0.1, 0.15) is 82.1 Å². The number of allylic oxidation sites excluding steroid dienone is 22. The van der Waals surface area contributed by atoms with E-state index in [-0.39, 0.29) is 11.5 Å². The van der Waals surface area contributed by atoms with E-state index >= 15 is 0 Å². The Kier molecular flexibility index (Phi) is 19.9. The molecular formula is C47H68O8. The highest BCUT2D eigenvalue weighted by molar-refractivity contribution is 5.38. The third kappa shape index (κ3) is 16.7. The van der Waals surface area contributed by atoms with Gasteiger partial charge in [-0.2, -0.15) is 0 Å². The van der Waals surface area contributed by atoms with Crippen LogP contribution in [0.15, 0.2) is 142 Å². The van der Waals surface area contributed by atoms with Gasteiger partial charge >= 0.3 is 0 Å². The summed E-state index contributed by atoms with van der Waals surface area (Å²) >= 11 is 0. The molecule has 8 nitrogen and oxygen atoms in total. The Labute approximate surface area is 331 Å². The maximum absolute atomic E-state index is 10.8. The number of aliphatic hydroxyl groups is 5. The Hall–Kier alpha value is -3.44. The van der Waals surface area contributed by atoms with E-state index in [4.69, 9.17) is 14.2 Å². The van der Waals surface area contributed by atoms with Crippen molar-refractivity contribution in [3.63, 3.8) is 0 Å². The highest BCUT2D eigenvalue weighted by Gasteiger charge is 2.46. The summed E-state index contributed by atoms with van der Waals surface area (Å²) in [6, 6.07) is 0. The largest absolute Gasteiger partial charge is 0.394 e. The monoisotopic (exact) mass is 760 g/mol. The predicted molar refractivity (Wildman–Crippen MR) is 225 cm³/mol. The normalized spacial score (nSPS) is 27.7. The fourth-order valence-electron chi connectivity index (χ4n) is 6.39. The standard InChI is InChI=1S/C47H68O8/c1-32(17-12-13-18-33(2)20-15-23-35(4)25-27-39-37(6)29-38(49)30-46(39,7)8)19-14-21-34(3)22-16-24-36(5)26-28-41(47(9,10)52)55-45-44(53-11)43(51)42(50)40(31-48)54-45/h12-28,38,40-45,48-52H,29-31H2,1-11H3. The molecule has 0 aromatic rings. The fourth-order valence-corrected chi connectivity index (χ4v) is 6.39. The predicted octanol–water partition coefficient (Wildman–Crippen LogP) is 8.16. The van der Waals surface area contributed by atoms with Crippen molar-refractivity contribution in [1.29, 1.82) is 0 Å². The first-order chi connectivity index (χ1) is 25.8. The summed E-state index contributed by atoms with van der Waals surface area (Å²) in [7, 11) is 1.36. The Balaban J connectivity index is 1.92. The molecular weight excluding hydrogens is 693 g/mol. The molecule has 0 spiro atoms. The lowest BCUT2D eigenvalue weighted by Gasteiger charge is -2.43. The second-order valence-corrected chi connectivity index (χ2v) is 16.0. The SMILES string of the molecule is COC1C(OC(C=CC(C)=CC=CC(C)=CC=CC(C)=CC=CC=C(C)C=CC=C(C)C=CC2=C(C)CC(O)CC2(C)C)C(C)(C)O)OC(CO)C(O)C1O. The first kappa shape index (κ1) is 47.7. The molecule has 1 heterocycles. The summed E-state index contributed by atoms with van der Waals surface area (Å²) in [5, 5.41) is 51.1. The van der Waals surface area contributed by atoms with Crippen LogP contribution >= 0.6 is 0 Å². The van der Waals surface area contributed by atoms with Crippen LogP contribution in [0.2, 0.25) is 0 Å². The van der Waals surface area contributed by atoms with Gasteiger partial charge in [0.1, 0.15) is 30.5 Å². The summed E-state index contributed by atoms with van der Waals surface area (Å²) in [5.74, 6) is 0. The zero-order valence-corrected chi connectivity index (χ0v) is 34.9. The lowest BCUT2D eigenvalue weighted by Crippen LogP contribution is -2.61. The molecule has 1 fully saturated rings. The van der Waals surface area contributed by atoms with Gasteiger partial charge in [0.05, 0.1) is 18.3 Å². The van der Waals surface area contributed by atoms with Gasteiger partial charge in [-0.05, 0) is 79.2 Å². The molecule has 8 heteroatoms. The molecule has 2 aliphatic rings. The van der Waals surface area contributed by atoms with Gasteiger partial charge in [0.15, 0.2) is 6.29 Å². The molecule has 1 aliphatic heterocycles. The molecule has 0 bridgehead atoms. The van der Waals surface area contributed by atoms with Gasteiger partial charge < -0.3 is 39.7 Å². The number of aliphatic hydroxyl groups excluding tert-OH is 4. The molecule has 0 aromatic heterocycles. The van der Waals surface area contributed by atoms with E-state index < -0.39 is 49.0 Å². The van der Waals surface area contributed by atoms with Gasteiger partial charge in [-0.15, -0.1) is 0 Å². The van der Waals surface area contributed by atoms with Crippen molar-refractivity contribution in [2.45, 2.75) is 131 Å². The molecule has 0 amide bonds. The molecule has 5 N–H and O–H groups in total. The van der Waals surface area contributed by atoms with E-state index in [0.717, 1.165) is 35.1 Å². The minimum absolute atomic E-state index is 0.0209. The van der Waals surface area contributed by atoms with Gasteiger partial charge in [-0.3, -0.25) is 0 Å². The number of hydrogen-bond donors (Lipinski definition) is 5. The second-order valence-electron chi connectivity index (χ2n) is 16.0. The van der Waals surface area contributed by atoms with Gasteiger partial charge in [-0.25, -0.2) is 0 Å². The van der Waals surface area contributed by atoms with Crippen LogP contribution in [0.4, 0.5) is 0 Å². The lowest BCUT2D eigenvalue weighted by atomic mass is 9.71. The van der Waals surface area contributed by atoms with Crippen molar-refractivity contribution in [1.82, 2.24) is 0 Å². The number of ether oxygens (including phenoxy) is 3. The van der Waals surface area contributed by atoms with Crippen molar-refractivity contribution in [2.75, 3.05) is 13.7 Å².